The van der Waals surface area contributed by atoms with Crippen LogP contribution in [0.1, 0.15) is 106 Å². The van der Waals surface area contributed by atoms with Crippen LogP contribution < -0.4 is 0 Å². The van der Waals surface area contributed by atoms with Gasteiger partial charge in [0.25, 0.3) is 0 Å². The number of fused-ring (bicyclic) bond motifs is 3. The van der Waals surface area contributed by atoms with Gasteiger partial charge >= 0.3 is 0 Å². The smallest absolute Gasteiger partial charge is 0.118 e. The lowest BCUT2D eigenvalue weighted by molar-refractivity contribution is -0.00168. The molecule has 2 N–H and O–H groups in total. The van der Waals surface area contributed by atoms with Crippen molar-refractivity contribution in [2.45, 2.75) is 130 Å². The van der Waals surface area contributed by atoms with Crippen LogP contribution in [0.2, 0.25) is 0 Å². The molecule has 5 rings (SSSR count). The van der Waals surface area contributed by atoms with Gasteiger partial charge in [0, 0.05) is 11.8 Å². The first-order chi connectivity index (χ1) is 15.1. The predicted molar refractivity (Wildman–Crippen MR) is 129 cm³/mol. The molecule has 3 heteroatoms. The van der Waals surface area contributed by atoms with Gasteiger partial charge in [-0.05, 0) is 85.5 Å². The van der Waals surface area contributed by atoms with E-state index in [1.54, 1.807) is 0 Å². The lowest BCUT2D eigenvalue weighted by atomic mass is 9.49. The van der Waals surface area contributed by atoms with Crippen LogP contribution in [-0.2, 0) is 4.74 Å². The van der Waals surface area contributed by atoms with Gasteiger partial charge in [-0.3, -0.25) is 0 Å². The molecule has 1 unspecified atom stereocenters. The Morgan fingerprint density at radius 1 is 1.03 bits per heavy atom. The van der Waals surface area contributed by atoms with Gasteiger partial charge in [0.1, 0.15) is 17.8 Å². The molecular formula is C29H48O3. The van der Waals surface area contributed by atoms with Gasteiger partial charge in [0.2, 0.25) is 0 Å². The number of aliphatic hydroxyl groups excluding tert-OH is 2. The maximum Gasteiger partial charge on any atom is 0.118 e. The average molecular weight is 445 g/mol. The number of ether oxygens (including phenoxy) is 1. The van der Waals surface area contributed by atoms with Crippen LogP contribution in [0.3, 0.4) is 0 Å². The molecule has 1 spiro atoms. The van der Waals surface area contributed by atoms with Gasteiger partial charge in [-0.2, -0.15) is 0 Å². The molecule has 0 aromatic carbocycles. The summed E-state index contributed by atoms with van der Waals surface area (Å²) in [7, 11) is 0. The number of hydrogen-bond acceptors (Lipinski definition) is 3. The van der Waals surface area contributed by atoms with E-state index in [4.69, 9.17) is 4.74 Å². The number of epoxide rings is 1. The molecule has 1 aliphatic heterocycles. The van der Waals surface area contributed by atoms with Crippen molar-refractivity contribution in [2.75, 3.05) is 0 Å². The lowest BCUT2D eigenvalue weighted by Crippen LogP contribution is -2.55. The van der Waals surface area contributed by atoms with Crippen molar-refractivity contribution in [2.24, 2.45) is 40.4 Å². The van der Waals surface area contributed by atoms with Crippen molar-refractivity contribution in [3.05, 3.63) is 11.1 Å². The molecule has 0 radical (unpaired) electrons. The Bertz CT molecular complexity index is 772. The fourth-order valence-corrected chi connectivity index (χ4v) is 9.52. The Morgan fingerprint density at radius 2 is 1.78 bits per heavy atom. The van der Waals surface area contributed by atoms with Gasteiger partial charge in [-0.15, -0.1) is 0 Å². The molecule has 32 heavy (non-hydrogen) atoms. The van der Waals surface area contributed by atoms with Crippen molar-refractivity contribution in [3.8, 4) is 0 Å². The zero-order valence-electron chi connectivity index (χ0n) is 21.5. The minimum atomic E-state index is -0.451. The Labute approximate surface area is 196 Å². The quantitative estimate of drug-likeness (QED) is 0.375. The fraction of sp³-hybridized carbons (Fsp3) is 0.931. The highest BCUT2D eigenvalue weighted by Gasteiger charge is 2.76. The first-order valence-electron chi connectivity index (χ1n) is 13.9. The van der Waals surface area contributed by atoms with Crippen LogP contribution in [0, 0.1) is 40.4 Å². The highest BCUT2D eigenvalue weighted by Crippen LogP contribution is 2.72. The topological polar surface area (TPSA) is 53.0 Å². The van der Waals surface area contributed by atoms with E-state index >= 15 is 0 Å². The Morgan fingerprint density at radius 3 is 2.47 bits per heavy atom. The van der Waals surface area contributed by atoms with Gasteiger partial charge < -0.3 is 14.9 Å². The molecule has 5 aliphatic rings. The standard InChI is InChI=1S/C29H48O3/c1-7-19(17(2)3)9-8-18(4)21-10-11-22-24-23(13-14-27(21,22)5)28(6)15-12-20(30)16-29(28)26(32-29)25(24)31/h17-22,25-26,30-31H,7-16H2,1-6H3/t18-,19-,20+,21-,22?,25+,26+,27-,28-,29+/m1/s1. The third kappa shape index (κ3) is 3.09. The average Bonchev–Trinajstić information content (AvgIpc) is 3.36. The molecule has 0 aromatic heterocycles. The monoisotopic (exact) mass is 444 g/mol. The lowest BCUT2D eigenvalue weighted by Gasteiger charge is -2.54. The summed E-state index contributed by atoms with van der Waals surface area (Å²) >= 11 is 0. The second-order valence-electron chi connectivity index (χ2n) is 13.2. The maximum absolute atomic E-state index is 11.5. The van der Waals surface area contributed by atoms with E-state index in [0.717, 1.165) is 42.9 Å². The summed E-state index contributed by atoms with van der Waals surface area (Å²) in [6.45, 7) is 14.6. The van der Waals surface area contributed by atoms with E-state index in [1.165, 1.54) is 49.7 Å². The summed E-state index contributed by atoms with van der Waals surface area (Å²) in [4.78, 5) is 0. The summed E-state index contributed by atoms with van der Waals surface area (Å²) in [6.07, 6.45) is 10.7. The van der Waals surface area contributed by atoms with Crippen molar-refractivity contribution in [1.82, 2.24) is 0 Å². The summed E-state index contributed by atoms with van der Waals surface area (Å²) in [5, 5.41) is 21.9. The zero-order valence-corrected chi connectivity index (χ0v) is 21.5. The van der Waals surface area contributed by atoms with Crippen LogP contribution in [0.25, 0.3) is 0 Å². The molecule has 2 saturated carbocycles. The SMILES string of the molecule is CC[C@H](CC[C@@H](C)[C@H]1CCC2C3=C(CC[C@@]21C)[C@@]1(C)CC[C@H](O)C[C@@]12O[C@H]2[C@H]3O)C(C)C. The summed E-state index contributed by atoms with van der Waals surface area (Å²) in [6, 6.07) is 0. The van der Waals surface area contributed by atoms with Crippen molar-refractivity contribution in [3.63, 3.8) is 0 Å². The molecule has 1 heterocycles. The fourth-order valence-electron chi connectivity index (χ4n) is 9.52. The molecule has 3 fully saturated rings. The second-order valence-corrected chi connectivity index (χ2v) is 13.2. The Balaban J connectivity index is 1.39. The van der Waals surface area contributed by atoms with E-state index in [1.807, 2.05) is 0 Å². The molecule has 1 saturated heterocycles. The van der Waals surface area contributed by atoms with Gasteiger partial charge in [-0.1, -0.05) is 60.0 Å². The minimum Gasteiger partial charge on any atom is -0.393 e. The van der Waals surface area contributed by atoms with E-state index in [2.05, 4.69) is 41.5 Å². The first kappa shape index (κ1) is 23.4. The number of rotatable bonds is 6. The summed E-state index contributed by atoms with van der Waals surface area (Å²) in [5.74, 6) is 3.69. The van der Waals surface area contributed by atoms with E-state index in [0.29, 0.717) is 17.8 Å². The molecule has 4 aliphatic carbocycles. The van der Waals surface area contributed by atoms with Crippen LogP contribution >= 0.6 is 0 Å². The molecule has 0 bridgehead atoms. The van der Waals surface area contributed by atoms with Gasteiger partial charge in [0.05, 0.1) is 6.10 Å². The summed E-state index contributed by atoms with van der Waals surface area (Å²) < 4.78 is 6.35. The van der Waals surface area contributed by atoms with Gasteiger partial charge in [-0.25, -0.2) is 0 Å². The normalized spacial score (nSPS) is 49.2. The number of aliphatic hydroxyl groups is 2. The Hall–Kier alpha value is -0.380. The van der Waals surface area contributed by atoms with E-state index in [-0.39, 0.29) is 23.2 Å². The first-order valence-corrected chi connectivity index (χ1v) is 13.9. The van der Waals surface area contributed by atoms with Crippen LogP contribution in [0.4, 0.5) is 0 Å². The zero-order chi connectivity index (χ0) is 23.1. The van der Waals surface area contributed by atoms with Crippen LogP contribution in [0.15, 0.2) is 11.1 Å². The largest absolute Gasteiger partial charge is 0.393 e. The maximum atomic E-state index is 11.5. The van der Waals surface area contributed by atoms with E-state index in [9.17, 15) is 10.2 Å². The molecule has 182 valence electrons. The summed E-state index contributed by atoms with van der Waals surface area (Å²) in [5.41, 5.74) is 2.96. The number of hydrogen-bond donors (Lipinski definition) is 2. The third-order valence-corrected chi connectivity index (χ3v) is 11.7. The minimum absolute atomic E-state index is 0.0160. The third-order valence-electron chi connectivity index (χ3n) is 11.7. The molecule has 3 nitrogen and oxygen atoms in total. The predicted octanol–water partition coefficient (Wildman–Crippen LogP) is 6.27. The molecule has 10 atom stereocenters. The highest BCUT2D eigenvalue weighted by molar-refractivity contribution is 5.45. The van der Waals surface area contributed by atoms with Crippen molar-refractivity contribution >= 4 is 0 Å². The van der Waals surface area contributed by atoms with Crippen molar-refractivity contribution in [1.29, 1.82) is 0 Å². The second kappa shape index (κ2) is 7.82. The van der Waals surface area contributed by atoms with E-state index < -0.39 is 6.10 Å². The van der Waals surface area contributed by atoms with Gasteiger partial charge in [0.15, 0.2) is 0 Å². The Kier molecular flexibility index (Phi) is 5.71. The van der Waals surface area contributed by atoms with Crippen molar-refractivity contribution < 1.29 is 14.9 Å². The molecule has 0 aromatic rings. The van der Waals surface area contributed by atoms with Crippen LogP contribution in [0.5, 0.6) is 0 Å². The molecule has 0 amide bonds. The van der Waals surface area contributed by atoms with Crippen LogP contribution in [-0.4, -0.2) is 34.1 Å². The molecular weight excluding hydrogens is 396 g/mol. The highest BCUT2D eigenvalue weighted by atomic mass is 16.6.